The Morgan fingerprint density at radius 3 is 2.63 bits per heavy atom. The van der Waals surface area contributed by atoms with Crippen LogP contribution in [0.2, 0.25) is 0 Å². The summed E-state index contributed by atoms with van der Waals surface area (Å²) in [5.41, 5.74) is 0.831. The minimum absolute atomic E-state index is 0.0385. The molecular formula is C13H16N2O3S. The Hall–Kier alpha value is -1.08. The number of hydrogen-bond donors (Lipinski definition) is 3. The van der Waals surface area contributed by atoms with Gasteiger partial charge in [-0.15, -0.1) is 11.8 Å². The topological polar surface area (TPSA) is 72.8 Å². The molecule has 2 aliphatic rings. The van der Waals surface area contributed by atoms with E-state index in [0.717, 1.165) is 5.69 Å². The monoisotopic (exact) mass is 280 g/mol. The molecule has 1 amide bonds. The Kier molecular flexibility index (Phi) is 3.49. The Bertz CT molecular complexity index is 470. The largest absolute Gasteiger partial charge is 0.389 e. The van der Waals surface area contributed by atoms with Crippen molar-refractivity contribution in [2.24, 2.45) is 0 Å². The fraction of sp³-hybridized carbons (Fsp3) is 0.462. The van der Waals surface area contributed by atoms with E-state index in [1.807, 2.05) is 30.3 Å². The lowest BCUT2D eigenvalue weighted by Crippen LogP contribution is -2.49. The first kappa shape index (κ1) is 12.9. The summed E-state index contributed by atoms with van der Waals surface area (Å²) < 4.78 is 0. The number of rotatable bonds is 2. The molecule has 6 heteroatoms. The first-order valence-corrected chi connectivity index (χ1v) is 7.31. The van der Waals surface area contributed by atoms with Crippen LogP contribution in [0.5, 0.6) is 0 Å². The normalized spacial score (nSPS) is 35.1. The van der Waals surface area contributed by atoms with Gasteiger partial charge in [0.05, 0.1) is 24.0 Å². The van der Waals surface area contributed by atoms with Gasteiger partial charge in [0.1, 0.15) is 5.37 Å². The van der Waals surface area contributed by atoms with E-state index in [0.29, 0.717) is 12.3 Å². The van der Waals surface area contributed by atoms with Crippen LogP contribution in [0.4, 0.5) is 5.69 Å². The molecule has 1 aromatic carbocycles. The molecule has 0 unspecified atom stereocenters. The Morgan fingerprint density at radius 1 is 1.26 bits per heavy atom. The van der Waals surface area contributed by atoms with Gasteiger partial charge in [0.25, 0.3) is 0 Å². The van der Waals surface area contributed by atoms with E-state index in [1.54, 1.807) is 4.90 Å². The highest BCUT2D eigenvalue weighted by atomic mass is 32.2. The Morgan fingerprint density at radius 2 is 2.00 bits per heavy atom. The van der Waals surface area contributed by atoms with Crippen molar-refractivity contribution in [1.29, 1.82) is 0 Å². The molecule has 2 saturated heterocycles. The van der Waals surface area contributed by atoms with E-state index < -0.39 is 12.2 Å². The summed E-state index contributed by atoms with van der Waals surface area (Å²) in [6.07, 6.45) is -1.60. The van der Waals surface area contributed by atoms with Gasteiger partial charge in [0.15, 0.2) is 0 Å². The van der Waals surface area contributed by atoms with Crippen LogP contribution >= 0.6 is 11.8 Å². The third-order valence-corrected chi connectivity index (χ3v) is 4.83. The van der Waals surface area contributed by atoms with Crippen molar-refractivity contribution in [2.45, 2.75) is 23.6 Å². The van der Waals surface area contributed by atoms with Gasteiger partial charge in [-0.2, -0.15) is 0 Å². The molecule has 0 saturated carbocycles. The number of benzene rings is 1. The van der Waals surface area contributed by atoms with Crippen molar-refractivity contribution in [3.63, 3.8) is 0 Å². The van der Waals surface area contributed by atoms with Gasteiger partial charge in [-0.1, -0.05) is 18.2 Å². The van der Waals surface area contributed by atoms with Crippen LogP contribution in [0, 0.1) is 0 Å². The lowest BCUT2D eigenvalue weighted by Gasteiger charge is -2.30. The maximum absolute atomic E-state index is 12.1. The van der Waals surface area contributed by atoms with Crippen molar-refractivity contribution >= 4 is 23.4 Å². The average molecular weight is 280 g/mol. The Labute approximate surface area is 115 Å². The van der Waals surface area contributed by atoms with Gasteiger partial charge < -0.3 is 15.5 Å². The molecule has 102 valence electrons. The van der Waals surface area contributed by atoms with Gasteiger partial charge >= 0.3 is 0 Å². The zero-order valence-electron chi connectivity index (χ0n) is 10.3. The molecule has 3 rings (SSSR count). The molecule has 0 radical (unpaired) electrons. The summed E-state index contributed by atoms with van der Waals surface area (Å²) in [6, 6.07) is 9.14. The van der Waals surface area contributed by atoms with E-state index in [9.17, 15) is 15.0 Å². The summed E-state index contributed by atoms with van der Waals surface area (Å²) in [4.78, 5) is 13.8. The highest BCUT2D eigenvalue weighted by Crippen LogP contribution is 2.34. The van der Waals surface area contributed by atoms with Crippen LogP contribution in [0.25, 0.3) is 0 Å². The summed E-state index contributed by atoms with van der Waals surface area (Å²) >= 11 is 1.50. The molecule has 4 atom stereocenters. The number of β-amino-alcohol motifs (C(OH)–C–C–N with tert-alkyl or cyclic N) is 1. The zero-order chi connectivity index (χ0) is 13.4. The fourth-order valence-electron chi connectivity index (χ4n) is 2.59. The van der Waals surface area contributed by atoms with Crippen molar-refractivity contribution in [3.05, 3.63) is 30.3 Å². The summed E-state index contributed by atoms with van der Waals surface area (Å²) in [5, 5.41) is 22.6. The molecule has 2 aliphatic heterocycles. The van der Waals surface area contributed by atoms with Crippen LogP contribution in [0.3, 0.4) is 0 Å². The minimum Gasteiger partial charge on any atom is -0.389 e. The molecule has 0 spiro atoms. The number of amides is 1. The number of carbonyl (C=O) groups excluding carboxylic acids is 1. The second-order valence-corrected chi connectivity index (χ2v) is 5.90. The van der Waals surface area contributed by atoms with Crippen molar-refractivity contribution in [2.75, 3.05) is 17.2 Å². The maximum atomic E-state index is 12.1. The smallest absolute Gasteiger partial charge is 0.238 e. The fourth-order valence-corrected chi connectivity index (χ4v) is 3.90. The summed E-state index contributed by atoms with van der Waals surface area (Å²) in [5.74, 6) is 0.442. The molecule has 0 bridgehead atoms. The molecule has 2 fully saturated rings. The highest BCUT2D eigenvalue weighted by Gasteiger charge is 2.45. The number of para-hydroxylation sites is 1. The number of aliphatic hydroxyl groups is 2. The van der Waals surface area contributed by atoms with E-state index in [2.05, 4.69) is 5.32 Å². The summed E-state index contributed by atoms with van der Waals surface area (Å²) in [6.45, 7) is 0.361. The molecule has 0 aliphatic carbocycles. The van der Waals surface area contributed by atoms with Crippen LogP contribution in [0.1, 0.15) is 0 Å². The quantitative estimate of drug-likeness (QED) is 0.699. The van der Waals surface area contributed by atoms with E-state index in [1.165, 1.54) is 11.8 Å². The number of carbonyl (C=O) groups is 1. The third kappa shape index (κ3) is 2.25. The number of aliphatic hydroxyl groups excluding tert-OH is 2. The second kappa shape index (κ2) is 5.13. The van der Waals surface area contributed by atoms with Crippen LogP contribution in [-0.2, 0) is 4.79 Å². The van der Waals surface area contributed by atoms with Gasteiger partial charge in [0, 0.05) is 12.2 Å². The van der Waals surface area contributed by atoms with Gasteiger partial charge in [0.2, 0.25) is 5.91 Å². The number of anilines is 1. The van der Waals surface area contributed by atoms with E-state index >= 15 is 0 Å². The van der Waals surface area contributed by atoms with Crippen molar-refractivity contribution in [1.82, 2.24) is 5.32 Å². The van der Waals surface area contributed by atoms with E-state index in [-0.39, 0.29) is 17.3 Å². The second-order valence-electron chi connectivity index (χ2n) is 4.79. The number of nitrogens with zero attached hydrogens (tertiary/aromatic N) is 1. The number of hydrogen-bond acceptors (Lipinski definition) is 5. The van der Waals surface area contributed by atoms with Crippen LogP contribution in [0.15, 0.2) is 30.3 Å². The van der Waals surface area contributed by atoms with Crippen molar-refractivity contribution < 1.29 is 15.0 Å². The van der Waals surface area contributed by atoms with Crippen LogP contribution < -0.4 is 10.2 Å². The molecule has 5 nitrogen and oxygen atoms in total. The standard InChI is InChI=1S/C13H16N2O3S/c16-9-6-14-11(12(9)18)13-15(10(17)7-19-13)8-4-2-1-3-5-8/h1-5,9,11-14,16,18H,6-7H2/t9-,11-,12-,13-/m1/s1. The maximum Gasteiger partial charge on any atom is 0.238 e. The molecule has 1 aromatic rings. The molecule has 19 heavy (non-hydrogen) atoms. The van der Waals surface area contributed by atoms with Gasteiger partial charge in [-0.05, 0) is 12.1 Å². The lowest BCUT2D eigenvalue weighted by molar-refractivity contribution is -0.116. The SMILES string of the molecule is O=C1CS[C@H]([C@@H]2NC[C@@H](O)[C@H]2O)N1c1ccccc1. The van der Waals surface area contributed by atoms with Gasteiger partial charge in [-0.3, -0.25) is 9.69 Å². The first-order valence-electron chi connectivity index (χ1n) is 6.27. The average Bonchev–Trinajstić information content (AvgIpc) is 2.95. The molecular weight excluding hydrogens is 264 g/mol. The first-order chi connectivity index (χ1) is 9.18. The molecule has 3 N–H and O–H groups in total. The number of thioether (sulfide) groups is 1. The lowest BCUT2D eigenvalue weighted by atomic mass is 10.1. The minimum atomic E-state index is -0.838. The van der Waals surface area contributed by atoms with Gasteiger partial charge in [-0.25, -0.2) is 0 Å². The number of nitrogens with one attached hydrogen (secondary N) is 1. The summed E-state index contributed by atoms with van der Waals surface area (Å²) in [7, 11) is 0. The predicted molar refractivity (Wildman–Crippen MR) is 74.0 cm³/mol. The zero-order valence-corrected chi connectivity index (χ0v) is 11.1. The van der Waals surface area contributed by atoms with E-state index in [4.69, 9.17) is 0 Å². The molecule has 2 heterocycles. The Balaban J connectivity index is 1.87. The van der Waals surface area contributed by atoms with Crippen LogP contribution in [-0.4, -0.2) is 52.0 Å². The molecule has 0 aromatic heterocycles. The predicted octanol–water partition coefficient (Wildman–Crippen LogP) is -0.214. The highest BCUT2D eigenvalue weighted by molar-refractivity contribution is 8.01. The van der Waals surface area contributed by atoms with Crippen molar-refractivity contribution in [3.8, 4) is 0 Å². The third-order valence-electron chi connectivity index (χ3n) is 3.57.